The summed E-state index contributed by atoms with van der Waals surface area (Å²) in [6, 6.07) is 0. The molecular weight excluding hydrogens is 1230 g/mol. The number of phosphoric ester groups is 2. The second-order valence-corrected chi connectivity index (χ2v) is 31.4. The average molecular weight is 1380 g/mol. The van der Waals surface area contributed by atoms with Gasteiger partial charge in [-0.05, 0) is 43.4 Å². The Morgan fingerprint density at radius 2 is 0.489 bits per heavy atom. The van der Waals surface area contributed by atoms with Crippen LogP contribution in [0.3, 0.4) is 0 Å². The van der Waals surface area contributed by atoms with Gasteiger partial charge in [0.05, 0.1) is 26.4 Å². The molecule has 0 saturated carbocycles. The van der Waals surface area contributed by atoms with E-state index in [1.54, 1.807) is 0 Å². The molecule has 5 atom stereocenters. The summed E-state index contributed by atoms with van der Waals surface area (Å²) in [6.45, 7) is 11.8. The fourth-order valence-corrected chi connectivity index (χ4v) is 13.0. The molecule has 0 aromatic rings. The molecule has 0 aromatic carbocycles. The van der Waals surface area contributed by atoms with Gasteiger partial charge < -0.3 is 33.8 Å². The van der Waals surface area contributed by atoms with Crippen LogP contribution in [0.2, 0.25) is 0 Å². The molecule has 0 rings (SSSR count). The van der Waals surface area contributed by atoms with Crippen molar-refractivity contribution in [1.82, 2.24) is 0 Å². The van der Waals surface area contributed by atoms with Crippen LogP contribution in [0.4, 0.5) is 0 Å². The zero-order chi connectivity index (χ0) is 69.4. The van der Waals surface area contributed by atoms with Crippen molar-refractivity contribution >= 4 is 39.5 Å². The van der Waals surface area contributed by atoms with Crippen molar-refractivity contribution < 1.29 is 80.2 Å². The first-order valence-electron chi connectivity index (χ1n) is 38.8. The molecule has 558 valence electrons. The van der Waals surface area contributed by atoms with Crippen LogP contribution in [0.15, 0.2) is 0 Å². The molecule has 0 aliphatic heterocycles. The third-order valence-electron chi connectivity index (χ3n) is 17.4. The van der Waals surface area contributed by atoms with E-state index in [1.165, 1.54) is 186 Å². The monoisotopic (exact) mass is 1380 g/mol. The molecule has 0 aromatic heterocycles. The fourth-order valence-electron chi connectivity index (χ4n) is 11.4. The Kier molecular flexibility index (Phi) is 64.3. The number of hydrogen-bond donors (Lipinski definition) is 3. The Bertz CT molecular complexity index is 1840. The molecule has 2 unspecified atom stereocenters. The summed E-state index contributed by atoms with van der Waals surface area (Å²) >= 11 is 0. The number of aliphatic hydroxyl groups excluding tert-OH is 1. The van der Waals surface area contributed by atoms with Gasteiger partial charge in [0, 0.05) is 25.7 Å². The molecule has 17 nitrogen and oxygen atoms in total. The first kappa shape index (κ1) is 92.1. The van der Waals surface area contributed by atoms with Crippen molar-refractivity contribution in [3.8, 4) is 0 Å². The first-order valence-corrected chi connectivity index (χ1v) is 41.8. The lowest BCUT2D eigenvalue weighted by atomic mass is 10.0. The lowest BCUT2D eigenvalue weighted by Gasteiger charge is -2.21. The predicted molar refractivity (Wildman–Crippen MR) is 381 cm³/mol. The quantitative estimate of drug-likeness (QED) is 0.0222. The SMILES string of the molecule is CCCCCCCCCCCCCCCCCCCCC(=O)O[C@H](COC(=O)CCCCCCCCCCCCCC(C)C)COP(=O)(O)OC[C@@H](O)COP(=O)(O)OC[C@@H](COC(=O)CCCCCCCCC(C)C)OC(=O)CCCCCCCCCCCCC(C)C. The van der Waals surface area contributed by atoms with Gasteiger partial charge in [-0.2, -0.15) is 0 Å². The molecule has 0 heterocycles. The molecule has 0 bridgehead atoms. The largest absolute Gasteiger partial charge is 0.472 e. The fraction of sp³-hybridized carbons (Fsp3) is 0.947. The summed E-state index contributed by atoms with van der Waals surface area (Å²) in [4.78, 5) is 72.7. The highest BCUT2D eigenvalue weighted by Gasteiger charge is 2.30. The van der Waals surface area contributed by atoms with E-state index in [-0.39, 0.29) is 25.7 Å². The van der Waals surface area contributed by atoms with E-state index in [4.69, 9.17) is 37.0 Å². The van der Waals surface area contributed by atoms with Gasteiger partial charge in [0.1, 0.15) is 19.3 Å². The number of carbonyl (C=O) groups is 4. The van der Waals surface area contributed by atoms with E-state index in [9.17, 15) is 43.2 Å². The Balaban J connectivity index is 5.23. The van der Waals surface area contributed by atoms with Crippen LogP contribution in [0.5, 0.6) is 0 Å². The number of unbranched alkanes of at least 4 members (excludes halogenated alkanes) is 41. The van der Waals surface area contributed by atoms with E-state index in [1.807, 2.05) is 0 Å². The topological polar surface area (TPSA) is 237 Å². The minimum atomic E-state index is -4.96. The van der Waals surface area contributed by atoms with Gasteiger partial charge in [-0.3, -0.25) is 37.3 Å². The predicted octanol–water partition coefficient (Wildman–Crippen LogP) is 21.8. The van der Waals surface area contributed by atoms with Gasteiger partial charge in [0.2, 0.25) is 0 Å². The van der Waals surface area contributed by atoms with Gasteiger partial charge in [0.15, 0.2) is 12.2 Å². The molecule has 0 amide bonds. The highest BCUT2D eigenvalue weighted by atomic mass is 31.2. The first-order chi connectivity index (χ1) is 45.2. The molecular formula is C75H146O17P2. The van der Waals surface area contributed by atoms with E-state index in [2.05, 4.69) is 48.5 Å². The Hall–Kier alpha value is -1.94. The number of aliphatic hydroxyl groups is 1. The van der Waals surface area contributed by atoms with Crippen LogP contribution in [-0.2, 0) is 65.4 Å². The maximum absolute atomic E-state index is 13.1. The van der Waals surface area contributed by atoms with Gasteiger partial charge in [-0.1, -0.05) is 331 Å². The number of carbonyl (C=O) groups excluding carboxylic acids is 4. The number of phosphoric acid groups is 2. The zero-order valence-electron chi connectivity index (χ0n) is 61.4. The van der Waals surface area contributed by atoms with E-state index in [0.29, 0.717) is 31.6 Å². The summed E-state index contributed by atoms with van der Waals surface area (Å²) in [5.41, 5.74) is 0. The molecule has 0 aliphatic rings. The minimum Gasteiger partial charge on any atom is -0.462 e. The van der Waals surface area contributed by atoms with Crippen LogP contribution in [0.1, 0.15) is 382 Å². The second-order valence-electron chi connectivity index (χ2n) is 28.5. The average Bonchev–Trinajstić information content (AvgIpc) is 2.24. The minimum absolute atomic E-state index is 0.105. The van der Waals surface area contributed by atoms with Crippen LogP contribution in [-0.4, -0.2) is 96.7 Å². The molecule has 19 heteroatoms. The van der Waals surface area contributed by atoms with Gasteiger partial charge in [0.25, 0.3) is 0 Å². The van der Waals surface area contributed by atoms with Crippen molar-refractivity contribution in [2.24, 2.45) is 17.8 Å². The van der Waals surface area contributed by atoms with Crippen LogP contribution in [0, 0.1) is 17.8 Å². The van der Waals surface area contributed by atoms with Gasteiger partial charge in [-0.15, -0.1) is 0 Å². The molecule has 0 radical (unpaired) electrons. The van der Waals surface area contributed by atoms with E-state index >= 15 is 0 Å². The summed E-state index contributed by atoms with van der Waals surface area (Å²) in [5, 5.41) is 10.6. The smallest absolute Gasteiger partial charge is 0.462 e. The van der Waals surface area contributed by atoms with Crippen LogP contribution >= 0.6 is 15.6 Å². The lowest BCUT2D eigenvalue weighted by Crippen LogP contribution is -2.30. The van der Waals surface area contributed by atoms with Crippen molar-refractivity contribution in [2.75, 3.05) is 39.6 Å². The highest BCUT2D eigenvalue weighted by Crippen LogP contribution is 2.45. The van der Waals surface area contributed by atoms with Crippen molar-refractivity contribution in [3.63, 3.8) is 0 Å². The summed E-state index contributed by atoms with van der Waals surface area (Å²) in [6.07, 6.45) is 51.5. The number of hydrogen-bond acceptors (Lipinski definition) is 15. The molecule has 3 N–H and O–H groups in total. The molecule has 0 saturated heterocycles. The zero-order valence-corrected chi connectivity index (χ0v) is 63.2. The normalized spacial score (nSPS) is 14.1. The van der Waals surface area contributed by atoms with Crippen molar-refractivity contribution in [2.45, 2.75) is 401 Å². The summed E-state index contributed by atoms with van der Waals surface area (Å²) in [7, 11) is -9.91. The second kappa shape index (κ2) is 65.7. The van der Waals surface area contributed by atoms with Crippen molar-refractivity contribution in [3.05, 3.63) is 0 Å². The number of rotatable bonds is 73. The Morgan fingerprint density at radius 3 is 0.723 bits per heavy atom. The van der Waals surface area contributed by atoms with E-state index in [0.717, 1.165) is 108 Å². The summed E-state index contributed by atoms with van der Waals surface area (Å²) in [5.74, 6) is 0.0813. The Labute approximate surface area is 575 Å². The third kappa shape index (κ3) is 68.6. The molecule has 0 fully saturated rings. The van der Waals surface area contributed by atoms with E-state index < -0.39 is 97.5 Å². The summed E-state index contributed by atoms with van der Waals surface area (Å²) < 4.78 is 68.5. The molecule has 94 heavy (non-hydrogen) atoms. The number of ether oxygens (including phenoxy) is 4. The third-order valence-corrected chi connectivity index (χ3v) is 19.3. The maximum atomic E-state index is 13.1. The van der Waals surface area contributed by atoms with Crippen molar-refractivity contribution in [1.29, 1.82) is 0 Å². The highest BCUT2D eigenvalue weighted by molar-refractivity contribution is 7.47. The molecule has 0 aliphatic carbocycles. The van der Waals surface area contributed by atoms with Crippen LogP contribution < -0.4 is 0 Å². The van der Waals surface area contributed by atoms with Gasteiger partial charge in [-0.25, -0.2) is 9.13 Å². The maximum Gasteiger partial charge on any atom is 0.472 e. The standard InChI is InChI=1S/C75H146O17P2/c1-8-9-10-11-12-13-14-15-16-17-18-19-20-23-30-35-44-51-58-74(79)91-70(62-85-72(77)56-49-42-34-29-24-21-22-27-32-39-46-53-66(2)3)64-89-93(81,82)87-60-69(76)61-88-94(83,84)90-65-71(63-86-73(78)57-50-43-38-37-41-48-55-68(6)7)92-75(80)59-52-45-36-31-26-25-28-33-40-47-54-67(4)5/h66-71,76H,8-65H2,1-7H3,(H,81,82)(H,83,84)/t69-,70-,71-/m1/s1. The van der Waals surface area contributed by atoms with Gasteiger partial charge >= 0.3 is 39.5 Å². The number of esters is 4. The molecule has 0 spiro atoms. The lowest BCUT2D eigenvalue weighted by molar-refractivity contribution is -0.161. The Morgan fingerprint density at radius 1 is 0.287 bits per heavy atom. The van der Waals surface area contributed by atoms with Crippen LogP contribution in [0.25, 0.3) is 0 Å².